The van der Waals surface area contributed by atoms with Crippen LogP contribution in [0.4, 0.5) is 0 Å². The lowest BCUT2D eigenvalue weighted by atomic mass is 10.3. The zero-order valence-corrected chi connectivity index (χ0v) is 3.65. The average Bonchev–Trinajstić information content (AvgIpc) is 1.86. The molecule has 1 radical (unpaired) electrons. The van der Waals surface area contributed by atoms with Crippen molar-refractivity contribution in [2.45, 2.75) is 19.0 Å². The molecule has 0 aromatic carbocycles. The Morgan fingerprint density at radius 1 is 1.83 bits per heavy atom. The van der Waals surface area contributed by atoms with Gasteiger partial charge in [0.2, 0.25) is 0 Å². The first-order valence-corrected chi connectivity index (χ1v) is 2.23. The molecule has 3 N–H and O–H groups in total. The predicted octanol–water partition coefficient (Wildman–Crippen LogP) is -0.184. The SMILES string of the molecule is NC1CC[CH]N1. The maximum Gasteiger partial charge on any atom is 0.0549 e. The van der Waals surface area contributed by atoms with Gasteiger partial charge in [0.1, 0.15) is 0 Å². The number of rotatable bonds is 0. The van der Waals surface area contributed by atoms with E-state index in [1.807, 2.05) is 6.54 Å². The van der Waals surface area contributed by atoms with Crippen molar-refractivity contribution in [2.24, 2.45) is 5.73 Å². The van der Waals surface area contributed by atoms with E-state index in [4.69, 9.17) is 5.73 Å². The van der Waals surface area contributed by atoms with Crippen LogP contribution in [0.3, 0.4) is 0 Å². The van der Waals surface area contributed by atoms with Crippen LogP contribution in [0.1, 0.15) is 12.8 Å². The second kappa shape index (κ2) is 1.58. The van der Waals surface area contributed by atoms with Crippen LogP contribution < -0.4 is 11.1 Å². The van der Waals surface area contributed by atoms with Gasteiger partial charge in [-0.15, -0.1) is 0 Å². The first-order chi connectivity index (χ1) is 2.89. The van der Waals surface area contributed by atoms with Crippen LogP contribution in [0.15, 0.2) is 0 Å². The van der Waals surface area contributed by atoms with Gasteiger partial charge in [0, 0.05) is 6.54 Å². The number of nitrogens with two attached hydrogens (primary N) is 1. The highest BCUT2D eigenvalue weighted by Gasteiger charge is 2.06. The summed E-state index contributed by atoms with van der Waals surface area (Å²) < 4.78 is 0. The van der Waals surface area contributed by atoms with Crippen molar-refractivity contribution in [1.82, 2.24) is 5.32 Å². The van der Waals surface area contributed by atoms with Gasteiger partial charge in [0.05, 0.1) is 6.17 Å². The first kappa shape index (κ1) is 4.09. The lowest BCUT2D eigenvalue weighted by molar-refractivity contribution is 0.648. The minimum absolute atomic E-state index is 0.241. The van der Waals surface area contributed by atoms with E-state index in [1.165, 1.54) is 0 Å². The summed E-state index contributed by atoms with van der Waals surface area (Å²) in [6, 6.07) is 0. The van der Waals surface area contributed by atoms with Crippen molar-refractivity contribution in [3.63, 3.8) is 0 Å². The van der Waals surface area contributed by atoms with Crippen molar-refractivity contribution < 1.29 is 0 Å². The van der Waals surface area contributed by atoms with E-state index in [2.05, 4.69) is 5.32 Å². The smallest absolute Gasteiger partial charge is 0.0549 e. The number of hydrogen-bond acceptors (Lipinski definition) is 2. The fraction of sp³-hybridized carbons (Fsp3) is 0.750. The second-order valence-corrected chi connectivity index (χ2v) is 1.55. The molecule has 1 atom stereocenters. The zero-order valence-electron chi connectivity index (χ0n) is 3.65. The van der Waals surface area contributed by atoms with Gasteiger partial charge >= 0.3 is 0 Å². The quantitative estimate of drug-likeness (QED) is 0.428. The van der Waals surface area contributed by atoms with Gasteiger partial charge in [-0.05, 0) is 12.8 Å². The standard InChI is InChI=1S/C4H9N2/c5-4-2-1-3-6-4/h3-4,6H,1-2,5H2. The Morgan fingerprint density at radius 3 is 2.83 bits per heavy atom. The summed E-state index contributed by atoms with van der Waals surface area (Å²) in [5.74, 6) is 0. The molecule has 2 nitrogen and oxygen atoms in total. The molecule has 0 aliphatic carbocycles. The molecule has 1 rings (SSSR count). The van der Waals surface area contributed by atoms with Crippen molar-refractivity contribution in [3.05, 3.63) is 6.54 Å². The van der Waals surface area contributed by atoms with E-state index in [1.54, 1.807) is 0 Å². The van der Waals surface area contributed by atoms with Crippen LogP contribution in [-0.4, -0.2) is 6.17 Å². The van der Waals surface area contributed by atoms with E-state index >= 15 is 0 Å². The third-order valence-corrected chi connectivity index (χ3v) is 0.954. The van der Waals surface area contributed by atoms with Crippen LogP contribution in [-0.2, 0) is 0 Å². The summed E-state index contributed by atoms with van der Waals surface area (Å²) in [4.78, 5) is 0. The molecule has 1 aliphatic heterocycles. The van der Waals surface area contributed by atoms with E-state index < -0.39 is 0 Å². The molecule has 1 fully saturated rings. The molecular weight excluding hydrogens is 76.1 g/mol. The molecule has 0 amide bonds. The Balaban J connectivity index is 2.18. The van der Waals surface area contributed by atoms with Gasteiger partial charge in [0.15, 0.2) is 0 Å². The molecule has 35 valence electrons. The molecule has 1 saturated heterocycles. The fourth-order valence-corrected chi connectivity index (χ4v) is 0.581. The zero-order chi connectivity index (χ0) is 4.41. The minimum atomic E-state index is 0.241. The predicted molar refractivity (Wildman–Crippen MR) is 24.6 cm³/mol. The van der Waals surface area contributed by atoms with Crippen LogP contribution in [0.25, 0.3) is 0 Å². The lowest BCUT2D eigenvalue weighted by Crippen LogP contribution is -2.28. The highest BCUT2D eigenvalue weighted by Crippen LogP contribution is 2.01. The third kappa shape index (κ3) is 0.698. The molecule has 6 heavy (non-hydrogen) atoms. The van der Waals surface area contributed by atoms with Gasteiger partial charge in [0.25, 0.3) is 0 Å². The van der Waals surface area contributed by atoms with Crippen LogP contribution in [0.2, 0.25) is 0 Å². The normalized spacial score (nSPS) is 34.5. The Labute approximate surface area is 37.7 Å². The number of nitrogens with one attached hydrogen (secondary N) is 1. The largest absolute Gasteiger partial charge is 0.316 e. The summed E-state index contributed by atoms with van der Waals surface area (Å²) in [5.41, 5.74) is 5.39. The minimum Gasteiger partial charge on any atom is -0.316 e. The van der Waals surface area contributed by atoms with Gasteiger partial charge < -0.3 is 5.73 Å². The van der Waals surface area contributed by atoms with E-state index in [0.717, 1.165) is 12.8 Å². The fourth-order valence-electron chi connectivity index (χ4n) is 0.581. The molecule has 0 spiro atoms. The van der Waals surface area contributed by atoms with Crippen LogP contribution in [0.5, 0.6) is 0 Å². The van der Waals surface area contributed by atoms with Crippen LogP contribution >= 0.6 is 0 Å². The van der Waals surface area contributed by atoms with Crippen molar-refractivity contribution >= 4 is 0 Å². The molecule has 0 bridgehead atoms. The summed E-state index contributed by atoms with van der Waals surface area (Å²) in [6.45, 7) is 2.00. The molecule has 1 aliphatic rings. The Hall–Kier alpha value is -0.0800. The maximum absolute atomic E-state index is 5.39. The lowest BCUT2D eigenvalue weighted by Gasteiger charge is -1.95. The molecular formula is C4H9N2. The van der Waals surface area contributed by atoms with Crippen molar-refractivity contribution in [3.8, 4) is 0 Å². The molecule has 1 heterocycles. The Kier molecular flexibility index (Phi) is 1.08. The van der Waals surface area contributed by atoms with E-state index in [-0.39, 0.29) is 6.17 Å². The summed E-state index contributed by atoms with van der Waals surface area (Å²) in [7, 11) is 0. The van der Waals surface area contributed by atoms with Crippen molar-refractivity contribution in [2.75, 3.05) is 0 Å². The molecule has 1 unspecified atom stereocenters. The highest BCUT2D eigenvalue weighted by molar-refractivity contribution is 4.76. The first-order valence-electron chi connectivity index (χ1n) is 2.23. The van der Waals surface area contributed by atoms with Gasteiger partial charge in [-0.25, -0.2) is 0 Å². The van der Waals surface area contributed by atoms with Crippen molar-refractivity contribution in [1.29, 1.82) is 0 Å². The molecule has 0 saturated carbocycles. The topological polar surface area (TPSA) is 38.0 Å². The molecule has 2 heteroatoms. The van der Waals surface area contributed by atoms with Gasteiger partial charge in [-0.2, -0.15) is 0 Å². The Morgan fingerprint density at radius 2 is 2.67 bits per heavy atom. The second-order valence-electron chi connectivity index (χ2n) is 1.55. The average molecular weight is 85.1 g/mol. The summed E-state index contributed by atoms with van der Waals surface area (Å²) in [5, 5.41) is 2.97. The van der Waals surface area contributed by atoms with Gasteiger partial charge in [-0.1, -0.05) is 0 Å². The van der Waals surface area contributed by atoms with E-state index in [9.17, 15) is 0 Å². The number of hydrogen-bond donors (Lipinski definition) is 2. The highest BCUT2D eigenvalue weighted by atomic mass is 15.0. The van der Waals surface area contributed by atoms with Gasteiger partial charge in [-0.3, -0.25) is 5.32 Å². The summed E-state index contributed by atoms with van der Waals surface area (Å²) in [6.07, 6.45) is 2.46. The third-order valence-electron chi connectivity index (χ3n) is 0.954. The summed E-state index contributed by atoms with van der Waals surface area (Å²) >= 11 is 0. The molecule has 0 aromatic rings. The maximum atomic E-state index is 5.39. The molecule has 0 aromatic heterocycles. The van der Waals surface area contributed by atoms with Crippen LogP contribution in [0, 0.1) is 6.54 Å². The Bertz CT molecular complexity index is 38.8. The van der Waals surface area contributed by atoms with E-state index in [0.29, 0.717) is 0 Å². The monoisotopic (exact) mass is 85.1 g/mol.